The van der Waals surface area contributed by atoms with E-state index in [4.69, 9.17) is 11.5 Å². The largest absolute Gasteiger partial charge is 0.480 e. The Balaban J connectivity index is 2.10. The van der Waals surface area contributed by atoms with Crippen LogP contribution >= 0.6 is 0 Å². The molecule has 104 valence electrons. The second kappa shape index (κ2) is 6.22. The van der Waals surface area contributed by atoms with E-state index in [0.717, 1.165) is 5.56 Å². The highest BCUT2D eigenvalue weighted by atomic mass is 16.4. The van der Waals surface area contributed by atoms with Gasteiger partial charge in [-0.3, -0.25) is 9.59 Å². The zero-order valence-electron chi connectivity index (χ0n) is 11.0. The maximum Gasteiger partial charge on any atom is 0.323 e. The van der Waals surface area contributed by atoms with Gasteiger partial charge in [0.25, 0.3) is 0 Å². The third-order valence-corrected chi connectivity index (χ3v) is 3.30. The lowest BCUT2D eigenvalue weighted by Crippen LogP contribution is -2.50. The van der Waals surface area contributed by atoms with Crippen LogP contribution in [0.25, 0.3) is 0 Å². The standard InChI is InChI=1S/C15H16N2O3/c1-2-7-17(10-14(18)19)15(20)13-8-11-5-3-4-6-12(11)9-16-13/h1,3-6,13,16H,7-10H2,(H,18,19). The van der Waals surface area contributed by atoms with E-state index in [-0.39, 0.29) is 19.0 Å². The monoisotopic (exact) mass is 272 g/mol. The van der Waals surface area contributed by atoms with Crippen molar-refractivity contribution in [3.05, 3.63) is 35.4 Å². The highest BCUT2D eigenvalue weighted by Gasteiger charge is 2.28. The summed E-state index contributed by atoms with van der Waals surface area (Å²) in [6, 6.07) is 7.47. The minimum absolute atomic E-state index is 0.00492. The molecule has 0 saturated carbocycles. The molecule has 1 heterocycles. The predicted molar refractivity (Wildman–Crippen MR) is 73.8 cm³/mol. The van der Waals surface area contributed by atoms with Crippen LogP contribution in [0.3, 0.4) is 0 Å². The molecular formula is C15H16N2O3. The number of nitrogens with zero attached hydrogens (tertiary/aromatic N) is 1. The molecule has 1 atom stereocenters. The van der Waals surface area contributed by atoms with Crippen molar-refractivity contribution >= 4 is 11.9 Å². The second-order valence-electron chi connectivity index (χ2n) is 4.70. The fraction of sp³-hybridized carbons (Fsp3) is 0.333. The molecule has 0 bridgehead atoms. The number of fused-ring (bicyclic) bond motifs is 1. The molecule has 0 saturated heterocycles. The first-order valence-corrected chi connectivity index (χ1v) is 6.36. The fourth-order valence-corrected chi connectivity index (χ4v) is 2.33. The molecule has 2 rings (SSSR count). The summed E-state index contributed by atoms with van der Waals surface area (Å²) in [7, 11) is 0. The molecule has 20 heavy (non-hydrogen) atoms. The van der Waals surface area contributed by atoms with Crippen LogP contribution < -0.4 is 5.32 Å². The Kier molecular flexibility index (Phi) is 4.38. The van der Waals surface area contributed by atoms with Crippen LogP contribution in [-0.4, -0.2) is 41.0 Å². The lowest BCUT2D eigenvalue weighted by Gasteiger charge is -2.29. The van der Waals surface area contributed by atoms with Gasteiger partial charge in [0, 0.05) is 6.54 Å². The number of aliphatic carboxylic acids is 1. The summed E-state index contributed by atoms with van der Waals surface area (Å²) < 4.78 is 0. The van der Waals surface area contributed by atoms with Gasteiger partial charge in [0.05, 0.1) is 12.6 Å². The predicted octanol–water partition coefficient (Wildman–Crippen LogP) is 0.247. The van der Waals surface area contributed by atoms with Gasteiger partial charge >= 0.3 is 5.97 Å². The maximum absolute atomic E-state index is 12.3. The highest BCUT2D eigenvalue weighted by molar-refractivity contribution is 5.86. The number of carboxylic acids is 1. The van der Waals surface area contributed by atoms with E-state index in [9.17, 15) is 9.59 Å². The zero-order valence-corrected chi connectivity index (χ0v) is 11.0. The molecule has 5 heteroatoms. The van der Waals surface area contributed by atoms with Crippen molar-refractivity contribution in [2.75, 3.05) is 13.1 Å². The number of hydrogen-bond acceptors (Lipinski definition) is 3. The molecule has 2 N–H and O–H groups in total. The number of rotatable bonds is 4. The Bertz CT molecular complexity index is 562. The van der Waals surface area contributed by atoms with Gasteiger partial charge in [-0.2, -0.15) is 0 Å². The van der Waals surface area contributed by atoms with Crippen LogP contribution in [0.1, 0.15) is 11.1 Å². The molecule has 1 aromatic rings. The van der Waals surface area contributed by atoms with Gasteiger partial charge in [0.2, 0.25) is 5.91 Å². The van der Waals surface area contributed by atoms with Crippen LogP contribution in [0.5, 0.6) is 0 Å². The summed E-state index contributed by atoms with van der Waals surface area (Å²) in [6.07, 6.45) is 5.74. The van der Waals surface area contributed by atoms with Crippen molar-refractivity contribution < 1.29 is 14.7 Å². The molecule has 1 aliphatic heterocycles. The number of carbonyl (C=O) groups excluding carboxylic acids is 1. The summed E-state index contributed by atoms with van der Waals surface area (Å²) in [5.74, 6) is 0.997. The van der Waals surface area contributed by atoms with Gasteiger partial charge < -0.3 is 15.3 Å². The average molecular weight is 272 g/mol. The van der Waals surface area contributed by atoms with Gasteiger partial charge in [-0.15, -0.1) is 6.42 Å². The van der Waals surface area contributed by atoms with Crippen LogP contribution in [0.15, 0.2) is 24.3 Å². The molecule has 1 amide bonds. The first-order chi connectivity index (χ1) is 9.61. The molecule has 5 nitrogen and oxygen atoms in total. The average Bonchev–Trinajstić information content (AvgIpc) is 2.45. The van der Waals surface area contributed by atoms with Crippen molar-refractivity contribution in [2.24, 2.45) is 0 Å². The van der Waals surface area contributed by atoms with Crippen molar-refractivity contribution in [1.82, 2.24) is 10.2 Å². The van der Waals surface area contributed by atoms with E-state index in [0.29, 0.717) is 13.0 Å². The molecule has 0 aliphatic carbocycles. The molecule has 1 unspecified atom stereocenters. The third-order valence-electron chi connectivity index (χ3n) is 3.30. The van der Waals surface area contributed by atoms with Gasteiger partial charge in [-0.1, -0.05) is 30.2 Å². The zero-order chi connectivity index (χ0) is 14.5. The third kappa shape index (κ3) is 3.16. The molecule has 0 fully saturated rings. The first kappa shape index (κ1) is 14.1. The van der Waals surface area contributed by atoms with E-state index >= 15 is 0 Å². The Morgan fingerprint density at radius 2 is 2.10 bits per heavy atom. The summed E-state index contributed by atoms with van der Waals surface area (Å²) in [5.41, 5.74) is 2.28. The Morgan fingerprint density at radius 1 is 1.40 bits per heavy atom. The molecule has 0 aromatic heterocycles. The minimum atomic E-state index is -1.06. The first-order valence-electron chi connectivity index (χ1n) is 6.36. The lowest BCUT2D eigenvalue weighted by molar-refractivity contribution is -0.144. The number of nitrogens with one attached hydrogen (secondary N) is 1. The maximum atomic E-state index is 12.3. The number of terminal acetylenes is 1. The number of carboxylic acid groups (broad SMARTS) is 1. The number of benzene rings is 1. The van der Waals surface area contributed by atoms with Crippen LogP contribution in [0.4, 0.5) is 0 Å². The molecule has 1 aliphatic rings. The van der Waals surface area contributed by atoms with Gasteiger partial charge in [-0.05, 0) is 17.5 Å². The highest BCUT2D eigenvalue weighted by Crippen LogP contribution is 2.17. The van der Waals surface area contributed by atoms with E-state index < -0.39 is 12.0 Å². The second-order valence-corrected chi connectivity index (χ2v) is 4.70. The van der Waals surface area contributed by atoms with E-state index in [1.807, 2.05) is 24.3 Å². The molecule has 0 spiro atoms. The van der Waals surface area contributed by atoms with Gasteiger partial charge in [-0.25, -0.2) is 0 Å². The Morgan fingerprint density at radius 3 is 2.75 bits per heavy atom. The summed E-state index contributed by atoms with van der Waals surface area (Å²) >= 11 is 0. The van der Waals surface area contributed by atoms with Crippen molar-refractivity contribution in [3.8, 4) is 12.3 Å². The smallest absolute Gasteiger partial charge is 0.323 e. The molecule has 0 radical (unpaired) electrons. The number of amides is 1. The Labute approximate surface area is 117 Å². The lowest BCUT2D eigenvalue weighted by atomic mass is 9.95. The molecule has 1 aromatic carbocycles. The van der Waals surface area contributed by atoms with E-state index in [1.54, 1.807) is 0 Å². The van der Waals surface area contributed by atoms with Crippen LogP contribution in [0.2, 0.25) is 0 Å². The topological polar surface area (TPSA) is 69.6 Å². The normalized spacial score (nSPS) is 16.9. The Hall–Kier alpha value is -2.32. The molecular weight excluding hydrogens is 256 g/mol. The number of carbonyl (C=O) groups is 2. The fourth-order valence-electron chi connectivity index (χ4n) is 2.33. The summed E-state index contributed by atoms with van der Waals surface area (Å²) in [5, 5.41) is 12.0. The summed E-state index contributed by atoms with van der Waals surface area (Å²) in [4.78, 5) is 24.3. The number of hydrogen-bond donors (Lipinski definition) is 2. The quantitative estimate of drug-likeness (QED) is 0.771. The van der Waals surface area contributed by atoms with E-state index in [2.05, 4.69) is 11.2 Å². The summed E-state index contributed by atoms with van der Waals surface area (Å²) in [6.45, 7) is 0.233. The van der Waals surface area contributed by atoms with Gasteiger partial charge in [0.15, 0.2) is 0 Å². The van der Waals surface area contributed by atoms with Crippen molar-refractivity contribution in [2.45, 2.75) is 19.0 Å². The van der Waals surface area contributed by atoms with Crippen molar-refractivity contribution in [1.29, 1.82) is 0 Å². The van der Waals surface area contributed by atoms with Crippen LogP contribution in [-0.2, 0) is 22.6 Å². The SMILES string of the molecule is C#CCN(CC(=O)O)C(=O)C1Cc2ccccc2CN1. The van der Waals surface area contributed by atoms with Crippen LogP contribution in [0, 0.1) is 12.3 Å². The van der Waals surface area contributed by atoms with Gasteiger partial charge in [0.1, 0.15) is 6.54 Å². The van der Waals surface area contributed by atoms with Crippen molar-refractivity contribution in [3.63, 3.8) is 0 Å². The minimum Gasteiger partial charge on any atom is -0.480 e. The van der Waals surface area contributed by atoms with E-state index in [1.165, 1.54) is 10.5 Å².